The molecule has 0 spiro atoms. The molecule has 0 amide bonds. The van der Waals surface area contributed by atoms with Crippen molar-refractivity contribution in [2.45, 2.75) is 42.7 Å². The first-order valence-corrected chi connectivity index (χ1v) is 8.20. The molecule has 18 heavy (non-hydrogen) atoms. The number of nitrogens with one attached hydrogen (secondary N) is 1. The van der Waals surface area contributed by atoms with E-state index in [1.54, 1.807) is 5.38 Å². The second-order valence-electron chi connectivity index (χ2n) is 4.46. The van der Waals surface area contributed by atoms with E-state index in [1.807, 2.05) is 6.92 Å². The van der Waals surface area contributed by atoms with E-state index in [4.69, 9.17) is 9.84 Å². The third-order valence-electron chi connectivity index (χ3n) is 2.88. The van der Waals surface area contributed by atoms with Gasteiger partial charge in [-0.05, 0) is 36.8 Å². The van der Waals surface area contributed by atoms with Crippen molar-refractivity contribution in [3.05, 3.63) is 17.0 Å². The summed E-state index contributed by atoms with van der Waals surface area (Å²) in [6, 6.07) is 1.44. The van der Waals surface area contributed by atoms with Crippen molar-refractivity contribution in [1.29, 1.82) is 0 Å². The van der Waals surface area contributed by atoms with Gasteiger partial charge >= 0.3 is 0 Å². The molecular weight excluding hydrogens is 274 g/mol. The van der Waals surface area contributed by atoms with Gasteiger partial charge in [0.2, 0.25) is 10.0 Å². The molecule has 1 aromatic rings. The SMILES string of the molecule is CC1CC(NS(=O)(=O)c2cc(CO)cs2)CCO1. The van der Waals surface area contributed by atoms with Gasteiger partial charge < -0.3 is 9.84 Å². The van der Waals surface area contributed by atoms with Crippen molar-refractivity contribution < 1.29 is 18.3 Å². The highest BCUT2D eigenvalue weighted by molar-refractivity contribution is 7.91. The molecule has 0 aromatic carbocycles. The topological polar surface area (TPSA) is 75.6 Å². The Morgan fingerprint density at radius 3 is 3.00 bits per heavy atom. The van der Waals surface area contributed by atoms with Crippen LogP contribution < -0.4 is 4.72 Å². The molecular formula is C11H17NO4S2. The van der Waals surface area contributed by atoms with Gasteiger partial charge in [-0.25, -0.2) is 13.1 Å². The summed E-state index contributed by atoms with van der Waals surface area (Å²) in [5.74, 6) is 0. The lowest BCUT2D eigenvalue weighted by atomic mass is 10.1. The Hall–Kier alpha value is -0.470. The zero-order valence-electron chi connectivity index (χ0n) is 10.1. The average Bonchev–Trinajstić information content (AvgIpc) is 2.77. The molecule has 1 aliphatic heterocycles. The number of aliphatic hydroxyl groups is 1. The van der Waals surface area contributed by atoms with E-state index < -0.39 is 10.0 Å². The average molecular weight is 291 g/mol. The number of aliphatic hydroxyl groups excluding tert-OH is 1. The largest absolute Gasteiger partial charge is 0.392 e. The molecule has 1 fully saturated rings. The van der Waals surface area contributed by atoms with Gasteiger partial charge in [0, 0.05) is 12.6 Å². The van der Waals surface area contributed by atoms with Crippen molar-refractivity contribution in [2.24, 2.45) is 0 Å². The molecule has 7 heteroatoms. The van der Waals surface area contributed by atoms with E-state index in [1.165, 1.54) is 6.07 Å². The summed E-state index contributed by atoms with van der Waals surface area (Å²) < 4.78 is 32.6. The minimum atomic E-state index is -3.47. The quantitative estimate of drug-likeness (QED) is 0.870. The first kappa shape index (κ1) is 14.0. The molecule has 102 valence electrons. The van der Waals surface area contributed by atoms with Crippen LogP contribution in [0.1, 0.15) is 25.3 Å². The molecule has 0 aliphatic carbocycles. The molecule has 2 N–H and O–H groups in total. The Kier molecular flexibility index (Phi) is 4.39. The van der Waals surface area contributed by atoms with Crippen LogP contribution in [0.2, 0.25) is 0 Å². The summed E-state index contributed by atoms with van der Waals surface area (Å²) in [6.07, 6.45) is 1.47. The summed E-state index contributed by atoms with van der Waals surface area (Å²) in [6.45, 7) is 2.39. The summed E-state index contributed by atoms with van der Waals surface area (Å²) in [7, 11) is -3.47. The maximum absolute atomic E-state index is 12.1. The first-order chi connectivity index (χ1) is 8.51. The molecule has 5 nitrogen and oxygen atoms in total. The lowest BCUT2D eigenvalue weighted by molar-refractivity contribution is 0.0173. The van der Waals surface area contributed by atoms with E-state index in [2.05, 4.69) is 4.72 Å². The van der Waals surface area contributed by atoms with Crippen molar-refractivity contribution in [3.8, 4) is 0 Å². The van der Waals surface area contributed by atoms with Crippen molar-refractivity contribution in [1.82, 2.24) is 4.72 Å². The van der Waals surface area contributed by atoms with Crippen LogP contribution in [0.5, 0.6) is 0 Å². The molecule has 1 aliphatic rings. The van der Waals surface area contributed by atoms with Crippen LogP contribution in [0.3, 0.4) is 0 Å². The zero-order chi connectivity index (χ0) is 13.2. The predicted octanol–water partition coefficient (Wildman–Crippen LogP) is 1.09. The highest BCUT2D eigenvalue weighted by Crippen LogP contribution is 2.22. The molecule has 2 atom stereocenters. The van der Waals surface area contributed by atoms with Crippen molar-refractivity contribution in [3.63, 3.8) is 0 Å². The second kappa shape index (κ2) is 5.66. The molecule has 2 rings (SSSR count). The third-order valence-corrected chi connectivity index (χ3v) is 5.89. The predicted molar refractivity (Wildman–Crippen MR) is 69.0 cm³/mol. The van der Waals surface area contributed by atoms with Crippen molar-refractivity contribution >= 4 is 21.4 Å². The van der Waals surface area contributed by atoms with Gasteiger partial charge in [0.25, 0.3) is 0 Å². The van der Waals surface area contributed by atoms with Crippen LogP contribution in [0.25, 0.3) is 0 Å². The van der Waals surface area contributed by atoms with Crippen LogP contribution in [0.15, 0.2) is 15.7 Å². The van der Waals surface area contributed by atoms with Gasteiger partial charge in [0.05, 0.1) is 12.7 Å². The highest BCUT2D eigenvalue weighted by atomic mass is 32.2. The summed E-state index contributed by atoms with van der Waals surface area (Å²) in [4.78, 5) is 0. The molecule has 1 aromatic heterocycles. The van der Waals surface area contributed by atoms with Crippen LogP contribution >= 0.6 is 11.3 Å². The van der Waals surface area contributed by atoms with Gasteiger partial charge in [0.15, 0.2) is 0 Å². The Bertz CT molecular complexity index is 497. The van der Waals surface area contributed by atoms with Crippen LogP contribution in [-0.4, -0.2) is 32.3 Å². The first-order valence-electron chi connectivity index (χ1n) is 5.83. The Morgan fingerprint density at radius 1 is 1.61 bits per heavy atom. The number of hydrogen-bond acceptors (Lipinski definition) is 5. The minimum absolute atomic E-state index is 0.0709. The van der Waals surface area contributed by atoms with E-state index in [0.29, 0.717) is 25.0 Å². The monoisotopic (exact) mass is 291 g/mol. The van der Waals surface area contributed by atoms with Gasteiger partial charge in [0.1, 0.15) is 4.21 Å². The van der Waals surface area contributed by atoms with Crippen molar-refractivity contribution in [2.75, 3.05) is 6.61 Å². The number of thiophene rings is 1. The number of ether oxygens (including phenoxy) is 1. The lowest BCUT2D eigenvalue weighted by Crippen LogP contribution is -2.40. The van der Waals surface area contributed by atoms with Gasteiger partial charge in [-0.3, -0.25) is 0 Å². The van der Waals surface area contributed by atoms with E-state index in [9.17, 15) is 8.42 Å². The van der Waals surface area contributed by atoms with Crippen LogP contribution in [0.4, 0.5) is 0 Å². The van der Waals surface area contributed by atoms with Gasteiger partial charge in [-0.2, -0.15) is 0 Å². The number of hydrogen-bond donors (Lipinski definition) is 2. The number of sulfonamides is 1. The second-order valence-corrected chi connectivity index (χ2v) is 7.31. The normalized spacial score (nSPS) is 25.2. The third kappa shape index (κ3) is 3.30. The minimum Gasteiger partial charge on any atom is -0.392 e. The summed E-state index contributed by atoms with van der Waals surface area (Å²) in [5.41, 5.74) is 0.626. The molecule has 2 unspecified atom stereocenters. The fourth-order valence-corrected chi connectivity index (χ4v) is 4.46. The molecule has 2 heterocycles. The zero-order valence-corrected chi connectivity index (χ0v) is 11.8. The maximum Gasteiger partial charge on any atom is 0.250 e. The Balaban J connectivity index is 2.06. The number of rotatable bonds is 4. The Morgan fingerprint density at radius 2 is 2.39 bits per heavy atom. The fraction of sp³-hybridized carbons (Fsp3) is 0.636. The van der Waals surface area contributed by atoms with Crippen LogP contribution in [0, 0.1) is 0 Å². The van der Waals surface area contributed by atoms with E-state index in [-0.39, 0.29) is 23.0 Å². The standard InChI is InChI=1S/C11H17NO4S2/c1-8-4-10(2-3-16-8)12-18(14,15)11-5-9(6-13)7-17-11/h5,7-8,10,12-13H,2-4,6H2,1H3. The van der Waals surface area contributed by atoms with Gasteiger partial charge in [-0.15, -0.1) is 11.3 Å². The molecule has 0 radical (unpaired) electrons. The summed E-state index contributed by atoms with van der Waals surface area (Å²) in [5, 5.41) is 10.6. The smallest absolute Gasteiger partial charge is 0.250 e. The van der Waals surface area contributed by atoms with Gasteiger partial charge in [-0.1, -0.05) is 0 Å². The molecule has 0 bridgehead atoms. The maximum atomic E-state index is 12.1. The van der Waals surface area contributed by atoms with Crippen LogP contribution in [-0.2, 0) is 21.4 Å². The molecule has 0 saturated carbocycles. The Labute approximate surface area is 111 Å². The molecule has 1 saturated heterocycles. The highest BCUT2D eigenvalue weighted by Gasteiger charge is 2.25. The van der Waals surface area contributed by atoms with E-state index in [0.717, 1.165) is 11.3 Å². The van der Waals surface area contributed by atoms with E-state index >= 15 is 0 Å². The lowest BCUT2D eigenvalue weighted by Gasteiger charge is -2.27. The summed E-state index contributed by atoms with van der Waals surface area (Å²) >= 11 is 1.13. The fourth-order valence-electron chi connectivity index (χ4n) is 1.96.